The lowest BCUT2D eigenvalue weighted by Crippen LogP contribution is -2.22. The smallest absolute Gasteiger partial charge is 0.253 e. The summed E-state index contributed by atoms with van der Waals surface area (Å²) < 4.78 is 5.51. The van der Waals surface area contributed by atoms with E-state index in [4.69, 9.17) is 4.42 Å². The molecule has 5 nitrogen and oxygen atoms in total. The number of nitrogens with zero attached hydrogens (tertiary/aromatic N) is 2. The molecule has 0 aliphatic heterocycles. The van der Waals surface area contributed by atoms with E-state index in [2.05, 4.69) is 15.3 Å². The van der Waals surface area contributed by atoms with Crippen LogP contribution in [0.5, 0.6) is 0 Å². The van der Waals surface area contributed by atoms with Crippen molar-refractivity contribution in [3.63, 3.8) is 0 Å². The fraction of sp³-hybridized carbons (Fsp3) is 0.0714. The Kier molecular flexibility index (Phi) is 2.94. The first-order valence-corrected chi connectivity index (χ1v) is 5.85. The monoisotopic (exact) mass is 253 g/mol. The molecule has 2 heterocycles. The molecule has 1 N–H and O–H groups in total. The zero-order valence-electron chi connectivity index (χ0n) is 10.0. The summed E-state index contributed by atoms with van der Waals surface area (Å²) in [6.45, 7) is 0.252. The number of hydrogen-bond donors (Lipinski definition) is 1. The van der Waals surface area contributed by atoms with Crippen LogP contribution in [-0.4, -0.2) is 15.9 Å². The normalized spacial score (nSPS) is 10.5. The Labute approximate surface area is 109 Å². The Balaban J connectivity index is 1.71. The Morgan fingerprint density at radius 1 is 1.21 bits per heavy atom. The fourth-order valence-corrected chi connectivity index (χ4v) is 1.75. The zero-order valence-corrected chi connectivity index (χ0v) is 10.0. The van der Waals surface area contributed by atoms with Crippen molar-refractivity contribution in [3.8, 4) is 0 Å². The SMILES string of the molecule is O=C(NCc1nc2ccccc2o1)c1cccnc1. The van der Waals surface area contributed by atoms with Gasteiger partial charge in [-0.25, -0.2) is 4.98 Å². The number of para-hydroxylation sites is 2. The molecule has 0 saturated carbocycles. The summed E-state index contributed by atoms with van der Waals surface area (Å²) in [5.74, 6) is 0.286. The molecule has 0 saturated heterocycles. The number of fused-ring (bicyclic) bond motifs is 1. The first-order valence-electron chi connectivity index (χ1n) is 5.85. The molecule has 1 aromatic carbocycles. The molecule has 3 rings (SSSR count). The second-order valence-electron chi connectivity index (χ2n) is 4.00. The van der Waals surface area contributed by atoms with E-state index < -0.39 is 0 Å². The lowest BCUT2D eigenvalue weighted by molar-refractivity contribution is 0.0947. The van der Waals surface area contributed by atoms with Crippen molar-refractivity contribution in [3.05, 3.63) is 60.2 Å². The summed E-state index contributed by atoms with van der Waals surface area (Å²) in [7, 11) is 0. The number of hydrogen-bond acceptors (Lipinski definition) is 4. The van der Waals surface area contributed by atoms with Crippen molar-refractivity contribution >= 4 is 17.0 Å². The lowest BCUT2D eigenvalue weighted by atomic mass is 10.3. The van der Waals surface area contributed by atoms with E-state index in [-0.39, 0.29) is 12.5 Å². The number of nitrogens with one attached hydrogen (secondary N) is 1. The highest BCUT2D eigenvalue weighted by molar-refractivity contribution is 5.93. The number of oxazole rings is 1. The summed E-state index contributed by atoms with van der Waals surface area (Å²) in [4.78, 5) is 20.0. The van der Waals surface area contributed by atoms with Gasteiger partial charge in [0.2, 0.25) is 5.89 Å². The van der Waals surface area contributed by atoms with Gasteiger partial charge in [-0.1, -0.05) is 12.1 Å². The van der Waals surface area contributed by atoms with Crippen molar-refractivity contribution in [2.24, 2.45) is 0 Å². The first-order chi connectivity index (χ1) is 9.33. The topological polar surface area (TPSA) is 68.0 Å². The molecule has 0 atom stereocenters. The number of amides is 1. The third-order valence-corrected chi connectivity index (χ3v) is 2.66. The molecular formula is C14H11N3O2. The van der Waals surface area contributed by atoms with E-state index in [1.807, 2.05) is 24.3 Å². The molecule has 0 aliphatic rings. The zero-order chi connectivity index (χ0) is 13.1. The maximum Gasteiger partial charge on any atom is 0.253 e. The van der Waals surface area contributed by atoms with E-state index in [0.717, 1.165) is 5.52 Å². The van der Waals surface area contributed by atoms with Crippen LogP contribution < -0.4 is 5.32 Å². The molecule has 19 heavy (non-hydrogen) atoms. The predicted octanol–water partition coefficient (Wildman–Crippen LogP) is 2.15. The predicted molar refractivity (Wildman–Crippen MR) is 69.4 cm³/mol. The standard InChI is InChI=1S/C14H11N3O2/c18-14(10-4-3-7-15-8-10)16-9-13-17-11-5-1-2-6-12(11)19-13/h1-8H,9H2,(H,16,18). The molecule has 1 amide bonds. The van der Waals surface area contributed by atoms with Crippen LogP contribution in [0.4, 0.5) is 0 Å². The summed E-state index contributed by atoms with van der Waals surface area (Å²) >= 11 is 0. The number of benzene rings is 1. The number of pyridine rings is 1. The van der Waals surface area contributed by atoms with Crippen LogP contribution in [0.15, 0.2) is 53.2 Å². The number of rotatable bonds is 3. The number of carbonyl (C=O) groups excluding carboxylic acids is 1. The van der Waals surface area contributed by atoms with Crippen molar-refractivity contribution in [2.45, 2.75) is 6.54 Å². The van der Waals surface area contributed by atoms with Gasteiger partial charge in [-0.2, -0.15) is 0 Å². The van der Waals surface area contributed by atoms with Crippen molar-refractivity contribution in [1.82, 2.24) is 15.3 Å². The highest BCUT2D eigenvalue weighted by Gasteiger charge is 2.08. The molecule has 0 unspecified atom stereocenters. The van der Waals surface area contributed by atoms with Gasteiger partial charge in [0.05, 0.1) is 12.1 Å². The largest absolute Gasteiger partial charge is 0.439 e. The molecule has 0 fully saturated rings. The molecule has 2 aromatic heterocycles. The third kappa shape index (κ3) is 2.44. The fourth-order valence-electron chi connectivity index (χ4n) is 1.75. The Bertz CT molecular complexity index is 674. The van der Waals surface area contributed by atoms with Gasteiger partial charge in [0.25, 0.3) is 5.91 Å². The maximum absolute atomic E-state index is 11.8. The number of aromatic nitrogens is 2. The van der Waals surface area contributed by atoms with E-state index in [9.17, 15) is 4.79 Å². The van der Waals surface area contributed by atoms with Crippen molar-refractivity contribution < 1.29 is 9.21 Å². The van der Waals surface area contributed by atoms with Gasteiger partial charge in [-0.15, -0.1) is 0 Å². The lowest BCUT2D eigenvalue weighted by Gasteiger charge is -2.01. The third-order valence-electron chi connectivity index (χ3n) is 2.66. The average Bonchev–Trinajstić information content (AvgIpc) is 2.88. The first kappa shape index (κ1) is 11.4. The minimum Gasteiger partial charge on any atom is -0.439 e. The summed E-state index contributed by atoms with van der Waals surface area (Å²) in [5, 5.41) is 2.74. The van der Waals surface area contributed by atoms with Gasteiger partial charge < -0.3 is 9.73 Å². The van der Waals surface area contributed by atoms with E-state index in [1.54, 1.807) is 18.3 Å². The van der Waals surface area contributed by atoms with Gasteiger partial charge in [0.1, 0.15) is 5.52 Å². The second kappa shape index (κ2) is 4.89. The molecular weight excluding hydrogens is 242 g/mol. The van der Waals surface area contributed by atoms with Crippen molar-refractivity contribution in [2.75, 3.05) is 0 Å². The van der Waals surface area contributed by atoms with E-state index in [1.165, 1.54) is 6.20 Å². The van der Waals surface area contributed by atoms with Crippen LogP contribution in [0.1, 0.15) is 16.2 Å². The molecule has 0 aliphatic carbocycles. The number of carbonyl (C=O) groups is 1. The summed E-state index contributed by atoms with van der Waals surface area (Å²) in [5.41, 5.74) is 2.01. The van der Waals surface area contributed by atoms with Crippen LogP contribution in [0.2, 0.25) is 0 Å². The quantitative estimate of drug-likeness (QED) is 0.776. The molecule has 0 radical (unpaired) electrons. The van der Waals surface area contributed by atoms with Gasteiger partial charge in [-0.05, 0) is 24.3 Å². The second-order valence-corrected chi connectivity index (χ2v) is 4.00. The Morgan fingerprint density at radius 3 is 2.89 bits per heavy atom. The van der Waals surface area contributed by atoms with Gasteiger partial charge in [0, 0.05) is 12.4 Å². The van der Waals surface area contributed by atoms with Gasteiger partial charge in [-0.3, -0.25) is 9.78 Å². The van der Waals surface area contributed by atoms with Crippen LogP contribution in [0, 0.1) is 0 Å². The average molecular weight is 253 g/mol. The van der Waals surface area contributed by atoms with Crippen LogP contribution >= 0.6 is 0 Å². The summed E-state index contributed by atoms with van der Waals surface area (Å²) in [6.07, 6.45) is 3.14. The molecule has 5 heteroatoms. The van der Waals surface area contributed by atoms with E-state index in [0.29, 0.717) is 17.0 Å². The molecule has 0 spiro atoms. The molecule has 94 valence electrons. The van der Waals surface area contributed by atoms with E-state index >= 15 is 0 Å². The van der Waals surface area contributed by atoms with Crippen molar-refractivity contribution in [1.29, 1.82) is 0 Å². The Morgan fingerprint density at radius 2 is 2.11 bits per heavy atom. The highest BCUT2D eigenvalue weighted by Crippen LogP contribution is 2.14. The Hall–Kier alpha value is -2.69. The van der Waals surface area contributed by atoms with Crippen LogP contribution in [0.25, 0.3) is 11.1 Å². The van der Waals surface area contributed by atoms with Gasteiger partial charge in [0.15, 0.2) is 5.58 Å². The maximum atomic E-state index is 11.8. The molecule has 0 bridgehead atoms. The molecule has 3 aromatic rings. The van der Waals surface area contributed by atoms with Crippen LogP contribution in [-0.2, 0) is 6.54 Å². The minimum absolute atomic E-state index is 0.199. The van der Waals surface area contributed by atoms with Crippen LogP contribution in [0.3, 0.4) is 0 Å². The minimum atomic E-state index is -0.199. The van der Waals surface area contributed by atoms with Gasteiger partial charge >= 0.3 is 0 Å². The highest BCUT2D eigenvalue weighted by atomic mass is 16.3. The summed E-state index contributed by atoms with van der Waals surface area (Å²) in [6, 6.07) is 10.9.